The molecule has 0 aromatic heterocycles. The molecule has 0 bridgehead atoms. The van der Waals surface area contributed by atoms with Gasteiger partial charge in [-0.2, -0.15) is 0 Å². The van der Waals surface area contributed by atoms with Gasteiger partial charge in [0.2, 0.25) is 12.7 Å². The average Bonchev–Trinajstić information content (AvgIpc) is 3.57. The second kappa shape index (κ2) is 8.99. The van der Waals surface area contributed by atoms with Crippen LogP contribution in [-0.2, 0) is 14.3 Å². The summed E-state index contributed by atoms with van der Waals surface area (Å²) >= 11 is 12.3. The van der Waals surface area contributed by atoms with E-state index in [2.05, 4.69) is 5.32 Å². The van der Waals surface area contributed by atoms with Crippen LogP contribution in [0, 0.1) is 11.8 Å². The van der Waals surface area contributed by atoms with Crippen LogP contribution in [0.25, 0.3) is 0 Å². The van der Waals surface area contributed by atoms with Gasteiger partial charge >= 0.3 is 5.97 Å². The van der Waals surface area contributed by atoms with Gasteiger partial charge in [0.05, 0.1) is 22.1 Å². The van der Waals surface area contributed by atoms with Gasteiger partial charge in [0.25, 0.3) is 0 Å². The number of Topliss-reactive ketones (excluding diaryl/α,β-unsaturated/α-hetero) is 1. The normalized spacial score (nSPS) is 27.0. The number of carbonyl (C=O) groups is 3. The molecule has 3 aromatic rings. The number of hydrogen-bond donors (Lipinski definition) is 3. The molecule has 1 fully saturated rings. The molecule has 0 saturated carbocycles. The van der Waals surface area contributed by atoms with E-state index >= 15 is 0 Å². The fourth-order valence-corrected chi connectivity index (χ4v) is 5.83. The van der Waals surface area contributed by atoms with E-state index < -0.39 is 47.3 Å². The van der Waals surface area contributed by atoms with E-state index in [1.54, 1.807) is 30.3 Å². The number of carbonyl (C=O) groups excluding carboxylic acids is 2. The maximum atomic E-state index is 13.8. The summed E-state index contributed by atoms with van der Waals surface area (Å²) in [7, 11) is 0. The molecule has 1 spiro atoms. The Morgan fingerprint density at radius 1 is 0.974 bits per heavy atom. The number of aliphatic carboxylic acids is 1. The number of aliphatic hydroxyl groups excluding tert-OH is 1. The van der Waals surface area contributed by atoms with Gasteiger partial charge in [0.1, 0.15) is 12.0 Å². The van der Waals surface area contributed by atoms with Crippen molar-refractivity contribution in [1.82, 2.24) is 0 Å². The van der Waals surface area contributed by atoms with Crippen molar-refractivity contribution in [3.8, 4) is 11.5 Å². The van der Waals surface area contributed by atoms with Crippen molar-refractivity contribution < 1.29 is 38.8 Å². The minimum absolute atomic E-state index is 0.0345. The zero-order valence-corrected chi connectivity index (χ0v) is 20.9. The summed E-state index contributed by atoms with van der Waals surface area (Å²) in [5, 5.41) is 24.9. The van der Waals surface area contributed by atoms with E-state index in [0.29, 0.717) is 22.7 Å². The molecular weight excluding hydrogens is 537 g/mol. The summed E-state index contributed by atoms with van der Waals surface area (Å²) in [5.41, 5.74) is -1.24. The van der Waals surface area contributed by atoms with E-state index in [9.17, 15) is 24.6 Å². The van der Waals surface area contributed by atoms with Crippen molar-refractivity contribution in [3.05, 3.63) is 87.4 Å². The van der Waals surface area contributed by atoms with Crippen LogP contribution in [-0.4, -0.2) is 40.3 Å². The quantitative estimate of drug-likeness (QED) is 0.431. The number of rotatable bonds is 4. The van der Waals surface area contributed by atoms with Gasteiger partial charge in [-0.15, -0.1) is 0 Å². The van der Waals surface area contributed by atoms with E-state index in [1.807, 2.05) is 0 Å². The summed E-state index contributed by atoms with van der Waals surface area (Å²) in [5.74, 6) is -5.19. The van der Waals surface area contributed by atoms with Gasteiger partial charge in [-0.1, -0.05) is 53.5 Å². The predicted octanol–water partition coefficient (Wildman–Crippen LogP) is 4.42. The molecule has 1 saturated heterocycles. The number of carboxylic acids is 1. The summed E-state index contributed by atoms with van der Waals surface area (Å²) < 4.78 is 16.9. The average molecular weight is 556 g/mol. The molecule has 194 valence electrons. The minimum atomic E-state index is -2.25. The van der Waals surface area contributed by atoms with Gasteiger partial charge in [-0.3, -0.25) is 14.4 Å². The van der Waals surface area contributed by atoms with E-state index in [4.69, 9.17) is 37.4 Å². The molecule has 1 amide bonds. The summed E-state index contributed by atoms with van der Waals surface area (Å²) in [6.45, 7) is 0.0345. The molecule has 2 aliphatic heterocycles. The number of amides is 1. The van der Waals surface area contributed by atoms with Gasteiger partial charge in [0.15, 0.2) is 22.9 Å². The number of anilines is 1. The Bertz CT molecular complexity index is 1510. The first kappa shape index (κ1) is 24.7. The molecule has 3 aliphatic rings. The molecule has 38 heavy (non-hydrogen) atoms. The lowest BCUT2D eigenvalue weighted by molar-refractivity contribution is -0.155. The summed E-state index contributed by atoms with van der Waals surface area (Å²) in [6, 6.07) is 15.5. The minimum Gasteiger partial charge on any atom is -0.481 e. The number of fused-ring (bicyclic) bond motifs is 2. The molecule has 1 unspecified atom stereocenters. The Morgan fingerprint density at radius 3 is 2.47 bits per heavy atom. The molecule has 1 aliphatic carbocycles. The maximum Gasteiger partial charge on any atom is 0.310 e. The number of halogens is 2. The fraction of sp³-hybridized carbons (Fsp3) is 0.222. The molecule has 9 nitrogen and oxygen atoms in total. The number of benzene rings is 3. The Kier molecular flexibility index (Phi) is 5.84. The third kappa shape index (κ3) is 3.58. The molecule has 3 N–H and O–H groups in total. The van der Waals surface area contributed by atoms with Gasteiger partial charge < -0.3 is 29.7 Å². The maximum absolute atomic E-state index is 13.8. The Hall–Kier alpha value is -3.63. The highest BCUT2D eigenvalue weighted by Gasteiger charge is 2.70. The highest BCUT2D eigenvalue weighted by molar-refractivity contribution is 6.42. The summed E-state index contributed by atoms with van der Waals surface area (Å²) in [6.07, 6.45) is -2.88. The van der Waals surface area contributed by atoms with E-state index in [1.165, 1.54) is 30.3 Å². The van der Waals surface area contributed by atoms with E-state index in [-0.39, 0.29) is 28.0 Å². The van der Waals surface area contributed by atoms with Crippen molar-refractivity contribution in [2.45, 2.75) is 17.8 Å². The molecule has 11 heteroatoms. The highest BCUT2D eigenvalue weighted by atomic mass is 35.5. The zero-order chi connectivity index (χ0) is 26.8. The number of aliphatic hydroxyl groups is 1. The van der Waals surface area contributed by atoms with Crippen LogP contribution in [0.15, 0.2) is 60.7 Å². The Morgan fingerprint density at radius 2 is 1.74 bits per heavy atom. The van der Waals surface area contributed by atoms with Crippen molar-refractivity contribution in [2.24, 2.45) is 11.8 Å². The first-order chi connectivity index (χ1) is 18.2. The third-order valence-corrected chi connectivity index (χ3v) is 7.95. The first-order valence-corrected chi connectivity index (χ1v) is 12.4. The van der Waals surface area contributed by atoms with Crippen molar-refractivity contribution in [3.63, 3.8) is 0 Å². The SMILES string of the molecule is O=C(Nc1ccc2c(c1)OCO2)[C@H]1[C@@H](c2ccc(Cl)c(Cl)c2)OC2(C(=O)c3ccccc3[C@@H]2O)[C@H]1C(=O)O. The molecule has 2 heterocycles. The van der Waals surface area contributed by atoms with Crippen molar-refractivity contribution in [1.29, 1.82) is 0 Å². The predicted molar refractivity (Wildman–Crippen MR) is 135 cm³/mol. The van der Waals surface area contributed by atoms with Crippen molar-refractivity contribution >= 4 is 46.5 Å². The Labute approximate surface area is 225 Å². The lowest BCUT2D eigenvalue weighted by Crippen LogP contribution is -2.50. The molecule has 5 atom stereocenters. The van der Waals surface area contributed by atoms with Crippen LogP contribution in [0.4, 0.5) is 5.69 Å². The second-order valence-electron chi connectivity index (χ2n) is 9.22. The highest BCUT2D eigenvalue weighted by Crippen LogP contribution is 2.58. The smallest absolute Gasteiger partial charge is 0.310 e. The molecule has 6 rings (SSSR count). The lowest BCUT2D eigenvalue weighted by atomic mass is 9.74. The van der Waals surface area contributed by atoms with E-state index in [0.717, 1.165) is 0 Å². The van der Waals surface area contributed by atoms with Gasteiger partial charge in [-0.25, -0.2) is 0 Å². The number of carboxylic acid groups (broad SMARTS) is 1. The number of nitrogens with one attached hydrogen (secondary N) is 1. The van der Waals surface area contributed by atoms with Gasteiger partial charge in [0, 0.05) is 17.3 Å². The number of ether oxygens (including phenoxy) is 3. The molecule has 3 aromatic carbocycles. The number of ketones is 1. The van der Waals surface area contributed by atoms with Crippen LogP contribution < -0.4 is 14.8 Å². The van der Waals surface area contributed by atoms with Crippen LogP contribution in [0.5, 0.6) is 11.5 Å². The van der Waals surface area contributed by atoms with Crippen molar-refractivity contribution in [2.75, 3.05) is 12.1 Å². The Balaban J connectivity index is 1.47. The topological polar surface area (TPSA) is 131 Å². The second-order valence-corrected chi connectivity index (χ2v) is 10.0. The third-order valence-electron chi connectivity index (χ3n) is 7.21. The van der Waals surface area contributed by atoms with Crippen LogP contribution in [0.2, 0.25) is 10.0 Å². The monoisotopic (exact) mass is 555 g/mol. The van der Waals surface area contributed by atoms with Crippen LogP contribution in [0.1, 0.15) is 33.7 Å². The van der Waals surface area contributed by atoms with Crippen LogP contribution in [0.3, 0.4) is 0 Å². The lowest BCUT2D eigenvalue weighted by Gasteiger charge is -2.30. The zero-order valence-electron chi connectivity index (χ0n) is 19.4. The molecule has 0 radical (unpaired) electrons. The largest absolute Gasteiger partial charge is 0.481 e. The molecular formula is C27H19Cl2NO8. The standard InChI is InChI=1S/C27H19Cl2NO8/c28-16-7-5-12(9-17(16)29)22-20(25(33)30-13-6-8-18-19(10-13)37-11-36-18)21(26(34)35)27(38-22)23(31)14-3-1-2-4-15(14)24(27)32/h1-10,20-23,31H,11H2,(H,30,33)(H,34,35)/t20-,21-,22-,23+,27?/m1/s1. The number of hydrogen-bond acceptors (Lipinski definition) is 7. The first-order valence-electron chi connectivity index (χ1n) is 11.6. The fourth-order valence-electron chi connectivity index (χ4n) is 5.53. The summed E-state index contributed by atoms with van der Waals surface area (Å²) in [4.78, 5) is 40.4. The van der Waals surface area contributed by atoms with Gasteiger partial charge in [-0.05, 0) is 35.4 Å². The van der Waals surface area contributed by atoms with Crippen LogP contribution >= 0.6 is 23.2 Å².